The highest BCUT2D eigenvalue weighted by Crippen LogP contribution is 2.16. The van der Waals surface area contributed by atoms with Crippen LogP contribution in [0, 0.1) is 0 Å². The summed E-state index contributed by atoms with van der Waals surface area (Å²) in [6.45, 7) is 7.54. The van der Waals surface area contributed by atoms with Crippen molar-refractivity contribution in [3.63, 3.8) is 0 Å². The van der Waals surface area contributed by atoms with Crippen molar-refractivity contribution in [2.24, 2.45) is 0 Å². The number of hydrogen-bond acceptors (Lipinski definition) is 4. The molecular formula is C11H24N2O3S. The minimum atomic E-state index is -3.26. The molecule has 0 radical (unpaired) electrons. The van der Waals surface area contributed by atoms with Gasteiger partial charge in [0.1, 0.15) is 0 Å². The average Bonchev–Trinajstić information content (AvgIpc) is 2.78. The standard InChI is InChI=1S/C11H24N2O3S/c1-4-12-8-9(2)17(14,15)13-10(3)11-6-5-7-16-11/h9-13H,4-8H2,1-3H3. The number of rotatable bonds is 7. The monoisotopic (exact) mass is 264 g/mol. The molecule has 1 fully saturated rings. The maximum absolute atomic E-state index is 12.0. The molecule has 0 aromatic heterocycles. The van der Waals surface area contributed by atoms with Crippen molar-refractivity contribution < 1.29 is 13.2 Å². The van der Waals surface area contributed by atoms with Crippen LogP contribution in [0.4, 0.5) is 0 Å². The molecule has 1 rings (SSSR count). The third-order valence-corrected chi connectivity index (χ3v) is 5.01. The van der Waals surface area contributed by atoms with Gasteiger partial charge in [0.05, 0.1) is 11.4 Å². The minimum absolute atomic E-state index is 0.0242. The van der Waals surface area contributed by atoms with E-state index >= 15 is 0 Å². The van der Waals surface area contributed by atoms with Gasteiger partial charge in [0, 0.05) is 19.2 Å². The van der Waals surface area contributed by atoms with Crippen LogP contribution in [0.5, 0.6) is 0 Å². The normalized spacial score (nSPS) is 24.8. The molecule has 6 heteroatoms. The van der Waals surface area contributed by atoms with Gasteiger partial charge in [0.25, 0.3) is 0 Å². The Kier molecular flexibility index (Phi) is 5.85. The van der Waals surface area contributed by atoms with E-state index in [0.29, 0.717) is 6.54 Å². The van der Waals surface area contributed by atoms with Gasteiger partial charge in [-0.15, -0.1) is 0 Å². The molecule has 0 aromatic rings. The lowest BCUT2D eigenvalue weighted by Gasteiger charge is -2.22. The minimum Gasteiger partial charge on any atom is -0.377 e. The molecule has 5 nitrogen and oxygen atoms in total. The second-order valence-electron chi connectivity index (χ2n) is 4.62. The summed E-state index contributed by atoms with van der Waals surface area (Å²) in [5.41, 5.74) is 0. The number of hydrogen-bond donors (Lipinski definition) is 2. The molecule has 0 aromatic carbocycles. The van der Waals surface area contributed by atoms with Crippen LogP contribution in [-0.2, 0) is 14.8 Å². The zero-order chi connectivity index (χ0) is 12.9. The summed E-state index contributed by atoms with van der Waals surface area (Å²) in [5.74, 6) is 0. The Balaban J connectivity index is 2.46. The smallest absolute Gasteiger partial charge is 0.215 e. The lowest BCUT2D eigenvalue weighted by atomic mass is 10.1. The summed E-state index contributed by atoms with van der Waals surface area (Å²) < 4.78 is 32.2. The molecule has 1 aliphatic rings. The van der Waals surface area contributed by atoms with Gasteiger partial charge in [-0.1, -0.05) is 6.92 Å². The van der Waals surface area contributed by atoms with Crippen molar-refractivity contribution in [3.8, 4) is 0 Å². The molecule has 2 N–H and O–H groups in total. The predicted molar refractivity (Wildman–Crippen MR) is 68.5 cm³/mol. The first-order valence-electron chi connectivity index (χ1n) is 6.30. The van der Waals surface area contributed by atoms with Gasteiger partial charge in [0.15, 0.2) is 0 Å². The first kappa shape index (κ1) is 14.9. The molecule has 0 aliphatic carbocycles. The van der Waals surface area contributed by atoms with E-state index in [-0.39, 0.29) is 12.1 Å². The Labute approximate surface area is 104 Å². The zero-order valence-corrected chi connectivity index (χ0v) is 11.7. The maximum atomic E-state index is 12.0. The van der Waals surface area contributed by atoms with Crippen LogP contribution in [-0.4, -0.2) is 45.5 Å². The first-order valence-corrected chi connectivity index (χ1v) is 7.85. The van der Waals surface area contributed by atoms with Crippen LogP contribution in [0.3, 0.4) is 0 Å². The highest BCUT2D eigenvalue weighted by molar-refractivity contribution is 7.90. The molecule has 0 spiro atoms. The summed E-state index contributed by atoms with van der Waals surface area (Å²) in [6, 6.07) is -0.147. The van der Waals surface area contributed by atoms with Crippen molar-refractivity contribution in [3.05, 3.63) is 0 Å². The van der Waals surface area contributed by atoms with E-state index in [1.165, 1.54) is 0 Å². The van der Waals surface area contributed by atoms with Crippen molar-refractivity contribution in [2.75, 3.05) is 19.7 Å². The topological polar surface area (TPSA) is 67.4 Å². The van der Waals surface area contributed by atoms with Gasteiger partial charge in [-0.25, -0.2) is 13.1 Å². The van der Waals surface area contributed by atoms with Crippen LogP contribution in [0.1, 0.15) is 33.6 Å². The number of ether oxygens (including phenoxy) is 1. The van der Waals surface area contributed by atoms with Gasteiger partial charge in [0.2, 0.25) is 10.0 Å². The fraction of sp³-hybridized carbons (Fsp3) is 1.00. The molecule has 1 aliphatic heterocycles. The van der Waals surface area contributed by atoms with E-state index in [1.807, 2.05) is 13.8 Å². The Hall–Kier alpha value is -0.170. The second kappa shape index (κ2) is 6.68. The van der Waals surface area contributed by atoms with Gasteiger partial charge >= 0.3 is 0 Å². The summed E-state index contributed by atoms with van der Waals surface area (Å²) in [7, 11) is -3.26. The predicted octanol–water partition coefficient (Wildman–Crippen LogP) is 0.471. The Bertz CT molecular complexity index is 313. The molecule has 3 atom stereocenters. The van der Waals surface area contributed by atoms with Gasteiger partial charge in [-0.05, 0) is 33.2 Å². The second-order valence-corrected chi connectivity index (χ2v) is 6.75. The molecule has 3 unspecified atom stereocenters. The average molecular weight is 264 g/mol. The highest BCUT2D eigenvalue weighted by atomic mass is 32.2. The van der Waals surface area contributed by atoms with E-state index in [0.717, 1.165) is 26.0 Å². The van der Waals surface area contributed by atoms with Crippen molar-refractivity contribution in [1.29, 1.82) is 0 Å². The quantitative estimate of drug-likeness (QED) is 0.701. The van der Waals surface area contributed by atoms with Crippen LogP contribution in [0.2, 0.25) is 0 Å². The van der Waals surface area contributed by atoms with Gasteiger partial charge in [-0.2, -0.15) is 0 Å². The SMILES string of the molecule is CCNCC(C)S(=O)(=O)NC(C)C1CCCO1. The van der Waals surface area contributed by atoms with Crippen molar-refractivity contribution in [2.45, 2.75) is 51.0 Å². The van der Waals surface area contributed by atoms with Crippen LogP contribution >= 0.6 is 0 Å². The molecule has 17 heavy (non-hydrogen) atoms. The summed E-state index contributed by atoms with van der Waals surface area (Å²) in [4.78, 5) is 0. The first-order chi connectivity index (χ1) is 7.97. The number of nitrogens with one attached hydrogen (secondary N) is 2. The zero-order valence-electron chi connectivity index (χ0n) is 10.9. The lowest BCUT2D eigenvalue weighted by Crippen LogP contribution is -2.46. The molecule has 1 saturated heterocycles. The molecule has 0 saturated carbocycles. The van der Waals surface area contributed by atoms with Crippen LogP contribution in [0.15, 0.2) is 0 Å². The summed E-state index contributed by atoms with van der Waals surface area (Å²) in [5, 5.41) is 2.62. The van der Waals surface area contributed by atoms with Gasteiger partial charge in [-0.3, -0.25) is 0 Å². The highest BCUT2D eigenvalue weighted by Gasteiger charge is 2.28. The lowest BCUT2D eigenvalue weighted by molar-refractivity contribution is 0.0901. The third kappa shape index (κ3) is 4.54. The van der Waals surface area contributed by atoms with Gasteiger partial charge < -0.3 is 10.1 Å². The molecule has 1 heterocycles. The summed E-state index contributed by atoms with van der Waals surface area (Å²) in [6.07, 6.45) is 1.98. The van der Waals surface area contributed by atoms with E-state index in [4.69, 9.17) is 4.74 Å². The Morgan fingerprint density at radius 3 is 2.65 bits per heavy atom. The third-order valence-electron chi connectivity index (χ3n) is 3.08. The van der Waals surface area contributed by atoms with Crippen LogP contribution in [0.25, 0.3) is 0 Å². The molecule has 0 bridgehead atoms. The fourth-order valence-electron chi connectivity index (χ4n) is 1.91. The summed E-state index contributed by atoms with van der Waals surface area (Å²) >= 11 is 0. The van der Waals surface area contributed by atoms with E-state index in [2.05, 4.69) is 10.0 Å². The van der Waals surface area contributed by atoms with Crippen LogP contribution < -0.4 is 10.0 Å². The van der Waals surface area contributed by atoms with E-state index in [1.54, 1.807) is 6.92 Å². The fourth-order valence-corrected chi connectivity index (χ4v) is 3.14. The largest absolute Gasteiger partial charge is 0.377 e. The molecule has 102 valence electrons. The Morgan fingerprint density at radius 2 is 2.12 bits per heavy atom. The maximum Gasteiger partial charge on any atom is 0.215 e. The van der Waals surface area contributed by atoms with E-state index in [9.17, 15) is 8.42 Å². The van der Waals surface area contributed by atoms with Crippen molar-refractivity contribution >= 4 is 10.0 Å². The molecule has 0 amide bonds. The number of sulfonamides is 1. The van der Waals surface area contributed by atoms with Crippen molar-refractivity contribution in [1.82, 2.24) is 10.0 Å². The molecular weight excluding hydrogens is 240 g/mol. The van der Waals surface area contributed by atoms with E-state index < -0.39 is 15.3 Å². The Morgan fingerprint density at radius 1 is 1.41 bits per heavy atom.